The summed E-state index contributed by atoms with van der Waals surface area (Å²) >= 11 is 5.05. The van der Waals surface area contributed by atoms with Gasteiger partial charge in [-0.2, -0.15) is 0 Å². The largest absolute Gasteiger partial charge is 0.465 e. The minimum atomic E-state index is 0.346. The molecule has 0 radical (unpaired) electrons. The summed E-state index contributed by atoms with van der Waals surface area (Å²) < 4.78 is 5.48. The first-order chi connectivity index (χ1) is 8.58. The fourth-order valence-electron chi connectivity index (χ4n) is 1.75. The van der Waals surface area contributed by atoms with E-state index in [4.69, 9.17) is 22.4 Å². The number of aromatic nitrogens is 1. The van der Waals surface area contributed by atoms with Crippen LogP contribution in [0.1, 0.15) is 22.6 Å². The second kappa shape index (κ2) is 5.18. The first-order valence-corrected chi connectivity index (χ1v) is 6.03. The van der Waals surface area contributed by atoms with E-state index in [1.54, 1.807) is 6.20 Å². The molecule has 0 aliphatic rings. The zero-order valence-electron chi connectivity index (χ0n) is 10.4. The maximum absolute atomic E-state index is 5.72. The molecule has 5 heteroatoms. The quantitative estimate of drug-likeness (QED) is 0.828. The topological polar surface area (TPSA) is 64.1 Å². The van der Waals surface area contributed by atoms with E-state index in [1.807, 2.05) is 32.0 Å². The van der Waals surface area contributed by atoms with Gasteiger partial charge in [0.15, 0.2) is 0 Å². The molecule has 2 aromatic rings. The number of nitrogens with zero attached hydrogens (tertiary/aromatic N) is 1. The Bertz CT molecular complexity index is 577. The lowest BCUT2D eigenvalue weighted by molar-refractivity contribution is 0.490. The summed E-state index contributed by atoms with van der Waals surface area (Å²) in [4.78, 5) is 4.61. The predicted molar refractivity (Wildman–Crippen MR) is 75.6 cm³/mol. The van der Waals surface area contributed by atoms with Crippen LogP contribution >= 0.6 is 12.2 Å². The minimum Gasteiger partial charge on any atom is -0.465 e. The third-order valence-corrected chi connectivity index (χ3v) is 2.84. The second-order valence-corrected chi connectivity index (χ2v) is 4.52. The highest BCUT2D eigenvalue weighted by Crippen LogP contribution is 2.17. The lowest BCUT2D eigenvalue weighted by atomic mass is 10.1. The first-order valence-electron chi connectivity index (χ1n) is 5.62. The predicted octanol–water partition coefficient (Wildman–Crippen LogP) is 2.54. The molecule has 0 aromatic carbocycles. The average molecular weight is 261 g/mol. The molecule has 0 amide bonds. The second-order valence-electron chi connectivity index (χ2n) is 4.08. The van der Waals surface area contributed by atoms with Crippen LogP contribution in [0.5, 0.6) is 0 Å². The Morgan fingerprint density at radius 1 is 1.39 bits per heavy atom. The van der Waals surface area contributed by atoms with E-state index in [-0.39, 0.29) is 0 Å². The van der Waals surface area contributed by atoms with Crippen LogP contribution in [-0.2, 0) is 6.54 Å². The SMILES string of the molecule is Cc1ccc(CNc2nccc(C)c2C(N)=S)o1. The molecule has 0 fully saturated rings. The molecule has 0 aliphatic heterocycles. The molecule has 2 aromatic heterocycles. The van der Waals surface area contributed by atoms with Crippen molar-refractivity contribution in [1.29, 1.82) is 0 Å². The van der Waals surface area contributed by atoms with E-state index in [0.717, 1.165) is 22.6 Å². The summed E-state index contributed by atoms with van der Waals surface area (Å²) in [5.74, 6) is 2.43. The highest BCUT2D eigenvalue weighted by Gasteiger charge is 2.10. The van der Waals surface area contributed by atoms with Crippen LogP contribution in [0.15, 0.2) is 28.8 Å². The van der Waals surface area contributed by atoms with E-state index in [1.165, 1.54) is 0 Å². The number of nitrogens with one attached hydrogen (secondary N) is 1. The van der Waals surface area contributed by atoms with Gasteiger partial charge in [0.2, 0.25) is 0 Å². The highest BCUT2D eigenvalue weighted by molar-refractivity contribution is 7.80. The van der Waals surface area contributed by atoms with Gasteiger partial charge in [-0.3, -0.25) is 0 Å². The van der Waals surface area contributed by atoms with E-state index in [0.29, 0.717) is 17.4 Å². The molecule has 0 atom stereocenters. The highest BCUT2D eigenvalue weighted by atomic mass is 32.1. The number of anilines is 1. The number of nitrogens with two attached hydrogens (primary N) is 1. The van der Waals surface area contributed by atoms with Crippen LogP contribution in [0.25, 0.3) is 0 Å². The Balaban J connectivity index is 2.19. The van der Waals surface area contributed by atoms with Crippen molar-refractivity contribution >= 4 is 23.0 Å². The van der Waals surface area contributed by atoms with Gasteiger partial charge in [-0.25, -0.2) is 4.98 Å². The Morgan fingerprint density at radius 3 is 2.78 bits per heavy atom. The summed E-state index contributed by atoms with van der Waals surface area (Å²) in [6.07, 6.45) is 1.73. The first kappa shape index (κ1) is 12.6. The lowest BCUT2D eigenvalue weighted by Gasteiger charge is -2.11. The van der Waals surface area contributed by atoms with Gasteiger partial charge in [-0.1, -0.05) is 12.2 Å². The number of hydrogen-bond donors (Lipinski definition) is 2. The number of hydrogen-bond acceptors (Lipinski definition) is 4. The average Bonchev–Trinajstić information content (AvgIpc) is 2.72. The zero-order chi connectivity index (χ0) is 13.1. The summed E-state index contributed by atoms with van der Waals surface area (Å²) in [5, 5.41) is 3.19. The molecular weight excluding hydrogens is 246 g/mol. The fraction of sp³-hybridized carbons (Fsp3) is 0.231. The van der Waals surface area contributed by atoms with Gasteiger partial charge in [-0.15, -0.1) is 0 Å². The summed E-state index contributed by atoms with van der Waals surface area (Å²) in [5.41, 5.74) is 7.51. The van der Waals surface area contributed by atoms with E-state index < -0.39 is 0 Å². The van der Waals surface area contributed by atoms with Crippen molar-refractivity contribution in [1.82, 2.24) is 4.98 Å². The van der Waals surface area contributed by atoms with Crippen molar-refractivity contribution < 1.29 is 4.42 Å². The summed E-state index contributed by atoms with van der Waals surface area (Å²) in [6.45, 7) is 4.42. The van der Waals surface area contributed by atoms with Crippen LogP contribution in [0, 0.1) is 13.8 Å². The van der Waals surface area contributed by atoms with Gasteiger partial charge in [0.1, 0.15) is 22.3 Å². The zero-order valence-corrected chi connectivity index (χ0v) is 11.2. The Labute approximate surface area is 111 Å². The maximum Gasteiger partial charge on any atom is 0.136 e. The Morgan fingerprint density at radius 2 is 2.17 bits per heavy atom. The van der Waals surface area contributed by atoms with E-state index >= 15 is 0 Å². The lowest BCUT2D eigenvalue weighted by Crippen LogP contribution is -2.16. The number of pyridine rings is 1. The van der Waals surface area contributed by atoms with Crippen LogP contribution in [-0.4, -0.2) is 9.97 Å². The van der Waals surface area contributed by atoms with Gasteiger partial charge in [0.05, 0.1) is 12.1 Å². The van der Waals surface area contributed by atoms with Crippen molar-refractivity contribution in [3.63, 3.8) is 0 Å². The van der Waals surface area contributed by atoms with Gasteiger partial charge >= 0.3 is 0 Å². The standard InChI is InChI=1S/C13H15N3OS/c1-8-5-6-15-13(11(8)12(14)18)16-7-10-4-3-9(2)17-10/h3-6H,7H2,1-2H3,(H2,14,18)(H,15,16). The third-order valence-electron chi connectivity index (χ3n) is 2.63. The van der Waals surface area contributed by atoms with Gasteiger partial charge < -0.3 is 15.5 Å². The van der Waals surface area contributed by atoms with Gasteiger partial charge in [-0.05, 0) is 37.6 Å². The molecule has 2 heterocycles. The van der Waals surface area contributed by atoms with Crippen LogP contribution in [0.3, 0.4) is 0 Å². The van der Waals surface area contributed by atoms with Crippen LogP contribution in [0.2, 0.25) is 0 Å². The molecule has 18 heavy (non-hydrogen) atoms. The molecule has 2 rings (SSSR count). The number of thiocarbonyl (C=S) groups is 1. The van der Waals surface area contributed by atoms with Gasteiger partial charge in [0.25, 0.3) is 0 Å². The van der Waals surface area contributed by atoms with Gasteiger partial charge in [0, 0.05) is 6.20 Å². The Kier molecular flexibility index (Phi) is 3.62. The normalized spacial score (nSPS) is 10.3. The van der Waals surface area contributed by atoms with E-state index in [2.05, 4.69) is 10.3 Å². The fourth-order valence-corrected chi connectivity index (χ4v) is 2.01. The molecule has 0 saturated heterocycles. The molecular formula is C13H15N3OS. The van der Waals surface area contributed by atoms with E-state index in [9.17, 15) is 0 Å². The number of aryl methyl sites for hydroxylation is 2. The molecule has 0 aliphatic carbocycles. The van der Waals surface area contributed by atoms with Crippen molar-refractivity contribution in [2.45, 2.75) is 20.4 Å². The molecule has 0 bridgehead atoms. The van der Waals surface area contributed by atoms with Crippen molar-refractivity contribution in [2.75, 3.05) is 5.32 Å². The van der Waals surface area contributed by atoms with Crippen molar-refractivity contribution in [3.05, 3.63) is 47.0 Å². The maximum atomic E-state index is 5.72. The third kappa shape index (κ3) is 2.68. The summed E-state index contributed by atoms with van der Waals surface area (Å²) in [7, 11) is 0. The van der Waals surface area contributed by atoms with Crippen LogP contribution < -0.4 is 11.1 Å². The molecule has 0 saturated carbocycles. The van der Waals surface area contributed by atoms with Crippen molar-refractivity contribution in [2.24, 2.45) is 5.73 Å². The van der Waals surface area contributed by atoms with Crippen LogP contribution in [0.4, 0.5) is 5.82 Å². The Hall–Kier alpha value is -1.88. The summed E-state index contributed by atoms with van der Waals surface area (Å²) in [6, 6.07) is 5.74. The smallest absolute Gasteiger partial charge is 0.136 e. The van der Waals surface area contributed by atoms with Crippen molar-refractivity contribution in [3.8, 4) is 0 Å². The molecule has 94 valence electrons. The number of furan rings is 1. The molecule has 4 nitrogen and oxygen atoms in total. The molecule has 0 unspecified atom stereocenters. The number of rotatable bonds is 4. The minimum absolute atomic E-state index is 0.346. The molecule has 3 N–H and O–H groups in total. The monoisotopic (exact) mass is 261 g/mol. The molecule has 0 spiro atoms.